The number of nitrogens with two attached hydrogens (primary N) is 1. The minimum Gasteiger partial charge on any atom is -0.389 e. The van der Waals surface area contributed by atoms with E-state index in [9.17, 15) is 4.79 Å². The third-order valence-corrected chi connectivity index (χ3v) is 4.03. The fraction of sp³-hybridized carbons (Fsp3) is 0.462. The molecule has 106 valence electrons. The number of anilines is 1. The quantitative estimate of drug-likeness (QED) is 0.764. The minimum atomic E-state index is 0.0291. The van der Waals surface area contributed by atoms with Gasteiger partial charge in [-0.15, -0.1) is 0 Å². The van der Waals surface area contributed by atoms with E-state index in [4.69, 9.17) is 18.0 Å². The molecule has 2 fully saturated rings. The fourth-order valence-corrected chi connectivity index (χ4v) is 2.93. The summed E-state index contributed by atoms with van der Waals surface area (Å²) in [6.07, 6.45) is 0. The molecule has 3 rings (SSSR count). The Labute approximate surface area is 122 Å². The third-order valence-electron chi connectivity index (χ3n) is 3.81. The molecule has 7 heteroatoms. The van der Waals surface area contributed by atoms with Crippen molar-refractivity contribution in [3.8, 4) is 0 Å². The molecule has 1 aromatic heterocycles. The van der Waals surface area contributed by atoms with Crippen molar-refractivity contribution >= 4 is 29.1 Å². The van der Waals surface area contributed by atoms with Gasteiger partial charge in [-0.25, -0.2) is 9.78 Å². The molecule has 6 nitrogen and oxygen atoms in total. The highest BCUT2D eigenvalue weighted by molar-refractivity contribution is 7.80. The van der Waals surface area contributed by atoms with Gasteiger partial charge in [0.05, 0.1) is 11.6 Å². The Hall–Kier alpha value is -1.89. The predicted molar refractivity (Wildman–Crippen MR) is 81.0 cm³/mol. The minimum absolute atomic E-state index is 0.0291. The molecular formula is C13H17N5OS. The maximum absolute atomic E-state index is 11.6. The topological polar surface area (TPSA) is 74.5 Å². The van der Waals surface area contributed by atoms with Crippen LogP contribution in [0.2, 0.25) is 0 Å². The second-order valence-corrected chi connectivity index (χ2v) is 5.61. The number of amides is 2. The van der Waals surface area contributed by atoms with Crippen molar-refractivity contribution in [3.63, 3.8) is 0 Å². The van der Waals surface area contributed by atoms with E-state index in [1.165, 1.54) is 0 Å². The summed E-state index contributed by atoms with van der Waals surface area (Å²) in [5.41, 5.74) is 7.52. The van der Waals surface area contributed by atoms with Gasteiger partial charge in [0.1, 0.15) is 10.8 Å². The van der Waals surface area contributed by atoms with Gasteiger partial charge in [-0.05, 0) is 19.1 Å². The molecule has 0 spiro atoms. The highest BCUT2D eigenvalue weighted by atomic mass is 32.1. The van der Waals surface area contributed by atoms with Gasteiger partial charge in [-0.1, -0.05) is 12.2 Å². The number of rotatable bonds is 2. The molecule has 2 saturated heterocycles. The number of carbonyl (C=O) groups is 1. The van der Waals surface area contributed by atoms with E-state index >= 15 is 0 Å². The van der Waals surface area contributed by atoms with Crippen LogP contribution in [0.15, 0.2) is 12.1 Å². The van der Waals surface area contributed by atoms with Crippen LogP contribution >= 0.6 is 12.2 Å². The highest BCUT2D eigenvalue weighted by Gasteiger charge is 2.36. The number of thiocarbonyl (C=S) groups is 1. The van der Waals surface area contributed by atoms with Crippen LogP contribution in [0.25, 0.3) is 0 Å². The molecule has 3 heterocycles. The predicted octanol–water partition coefficient (Wildman–Crippen LogP) is 0.238. The number of pyridine rings is 1. The van der Waals surface area contributed by atoms with E-state index in [0.29, 0.717) is 18.1 Å². The Morgan fingerprint density at radius 1 is 1.50 bits per heavy atom. The molecule has 0 bridgehead atoms. The lowest BCUT2D eigenvalue weighted by Gasteiger charge is -2.37. The standard InChI is InChI=1S/C13H17N5OS/c1-8-2-3-10(11(14)20)12(16-8)17-4-5-18-9(7-17)6-15-13(18)19/h2-3,9H,4-7H2,1H3,(H2,14,20)(H,15,19). The van der Waals surface area contributed by atoms with E-state index in [1.807, 2.05) is 24.0 Å². The van der Waals surface area contributed by atoms with Crippen molar-refractivity contribution < 1.29 is 4.79 Å². The van der Waals surface area contributed by atoms with Crippen molar-refractivity contribution in [1.29, 1.82) is 0 Å². The SMILES string of the molecule is Cc1ccc(C(N)=S)c(N2CCN3C(=O)NCC3C2)n1. The molecule has 2 aliphatic rings. The molecule has 0 aromatic carbocycles. The van der Waals surface area contributed by atoms with Crippen molar-refractivity contribution in [2.24, 2.45) is 5.73 Å². The summed E-state index contributed by atoms with van der Waals surface area (Å²) < 4.78 is 0. The molecule has 1 aromatic rings. The van der Waals surface area contributed by atoms with E-state index < -0.39 is 0 Å². The molecular weight excluding hydrogens is 274 g/mol. The van der Waals surface area contributed by atoms with Gasteiger partial charge in [0, 0.05) is 31.9 Å². The van der Waals surface area contributed by atoms with Crippen LogP contribution in [0, 0.1) is 6.92 Å². The number of urea groups is 1. The molecule has 0 radical (unpaired) electrons. The van der Waals surface area contributed by atoms with Gasteiger partial charge >= 0.3 is 6.03 Å². The average molecular weight is 291 g/mol. The second kappa shape index (κ2) is 4.90. The van der Waals surface area contributed by atoms with Crippen molar-refractivity contribution in [2.75, 3.05) is 31.1 Å². The summed E-state index contributed by atoms with van der Waals surface area (Å²) in [6, 6.07) is 4.05. The van der Waals surface area contributed by atoms with Crippen LogP contribution in [0.5, 0.6) is 0 Å². The summed E-state index contributed by atoms with van der Waals surface area (Å²) >= 11 is 5.11. The average Bonchev–Trinajstić information content (AvgIpc) is 2.79. The van der Waals surface area contributed by atoms with Gasteiger partial charge in [-0.3, -0.25) is 0 Å². The number of nitrogens with zero attached hydrogens (tertiary/aromatic N) is 3. The van der Waals surface area contributed by atoms with Gasteiger partial charge in [0.25, 0.3) is 0 Å². The second-order valence-electron chi connectivity index (χ2n) is 5.17. The molecule has 3 N–H and O–H groups in total. The normalized spacial score (nSPS) is 21.6. The van der Waals surface area contributed by atoms with Gasteiger partial charge in [0.15, 0.2) is 0 Å². The lowest BCUT2D eigenvalue weighted by Crippen LogP contribution is -2.52. The van der Waals surface area contributed by atoms with Gasteiger partial charge in [0.2, 0.25) is 0 Å². The number of aromatic nitrogens is 1. The van der Waals surface area contributed by atoms with Crippen LogP contribution in [0.1, 0.15) is 11.3 Å². The molecule has 20 heavy (non-hydrogen) atoms. The zero-order valence-corrected chi connectivity index (χ0v) is 12.1. The number of nitrogens with one attached hydrogen (secondary N) is 1. The Morgan fingerprint density at radius 2 is 2.30 bits per heavy atom. The lowest BCUT2D eigenvalue weighted by atomic mass is 10.1. The lowest BCUT2D eigenvalue weighted by molar-refractivity contribution is 0.197. The van der Waals surface area contributed by atoms with E-state index in [-0.39, 0.29) is 12.1 Å². The summed E-state index contributed by atoms with van der Waals surface area (Å²) in [7, 11) is 0. The van der Waals surface area contributed by atoms with Crippen LogP contribution in [-0.2, 0) is 0 Å². The fourth-order valence-electron chi connectivity index (χ4n) is 2.77. The first-order valence-corrected chi connectivity index (χ1v) is 7.04. The molecule has 0 aliphatic carbocycles. The summed E-state index contributed by atoms with van der Waals surface area (Å²) in [5.74, 6) is 0.830. The van der Waals surface area contributed by atoms with Crippen LogP contribution < -0.4 is 16.0 Å². The molecule has 2 aliphatic heterocycles. The van der Waals surface area contributed by atoms with Crippen molar-refractivity contribution in [1.82, 2.24) is 15.2 Å². The van der Waals surface area contributed by atoms with Crippen LogP contribution in [0.4, 0.5) is 10.6 Å². The molecule has 1 atom stereocenters. The first-order chi connectivity index (χ1) is 9.56. The first kappa shape index (κ1) is 13.1. The van der Waals surface area contributed by atoms with Gasteiger partial charge < -0.3 is 20.9 Å². The number of piperazine rings is 1. The summed E-state index contributed by atoms with van der Waals surface area (Å²) in [4.78, 5) is 20.6. The van der Waals surface area contributed by atoms with Gasteiger partial charge in [-0.2, -0.15) is 0 Å². The van der Waals surface area contributed by atoms with E-state index in [0.717, 1.165) is 30.2 Å². The zero-order valence-electron chi connectivity index (χ0n) is 11.3. The Balaban J connectivity index is 1.89. The monoisotopic (exact) mass is 291 g/mol. The number of aryl methyl sites for hydroxylation is 1. The molecule has 2 amide bonds. The molecule has 1 unspecified atom stereocenters. The Kier molecular flexibility index (Phi) is 3.21. The number of hydrogen-bond acceptors (Lipinski definition) is 4. The smallest absolute Gasteiger partial charge is 0.317 e. The number of fused-ring (bicyclic) bond motifs is 1. The maximum atomic E-state index is 11.6. The highest BCUT2D eigenvalue weighted by Crippen LogP contribution is 2.23. The number of carbonyl (C=O) groups excluding carboxylic acids is 1. The largest absolute Gasteiger partial charge is 0.389 e. The zero-order chi connectivity index (χ0) is 14.3. The van der Waals surface area contributed by atoms with E-state index in [1.54, 1.807) is 0 Å². The molecule has 0 saturated carbocycles. The third kappa shape index (κ3) is 2.18. The number of hydrogen-bond donors (Lipinski definition) is 2. The Morgan fingerprint density at radius 3 is 3.05 bits per heavy atom. The van der Waals surface area contributed by atoms with E-state index in [2.05, 4.69) is 15.2 Å². The maximum Gasteiger partial charge on any atom is 0.317 e. The summed E-state index contributed by atoms with van der Waals surface area (Å²) in [6.45, 7) is 4.83. The van der Waals surface area contributed by atoms with Crippen LogP contribution in [0.3, 0.4) is 0 Å². The Bertz CT molecular complexity index is 576. The van der Waals surface area contributed by atoms with Crippen LogP contribution in [-0.4, -0.2) is 53.1 Å². The van der Waals surface area contributed by atoms with Crippen molar-refractivity contribution in [2.45, 2.75) is 13.0 Å². The van der Waals surface area contributed by atoms with Crippen molar-refractivity contribution in [3.05, 3.63) is 23.4 Å². The first-order valence-electron chi connectivity index (χ1n) is 6.63. The summed E-state index contributed by atoms with van der Waals surface area (Å²) in [5, 5.41) is 2.87.